The molecule has 0 bridgehead atoms. The molecule has 0 aromatic rings. The van der Waals surface area contributed by atoms with E-state index >= 15 is 0 Å². The second-order valence-corrected chi connectivity index (χ2v) is 4.96. The van der Waals surface area contributed by atoms with Gasteiger partial charge in [-0.15, -0.1) is 0 Å². The fourth-order valence-electron chi connectivity index (χ4n) is 2.16. The molecule has 5 heteroatoms. The van der Waals surface area contributed by atoms with Crippen LogP contribution in [0.25, 0.3) is 0 Å². The summed E-state index contributed by atoms with van der Waals surface area (Å²) in [6.07, 6.45) is 7.16. The largest absolute Gasteiger partial charge is 0.480 e. The van der Waals surface area contributed by atoms with Gasteiger partial charge < -0.3 is 10.2 Å². The van der Waals surface area contributed by atoms with Crippen molar-refractivity contribution in [3.63, 3.8) is 0 Å². The predicted molar refractivity (Wildman–Crippen MR) is 75.5 cm³/mol. The quantitative estimate of drug-likeness (QED) is 0.326. The van der Waals surface area contributed by atoms with E-state index in [4.69, 9.17) is 10.2 Å². The van der Waals surface area contributed by atoms with E-state index in [1.54, 1.807) is 0 Å². The zero-order chi connectivity index (χ0) is 15.6. The van der Waals surface area contributed by atoms with Crippen LogP contribution in [0.3, 0.4) is 0 Å². The van der Waals surface area contributed by atoms with Gasteiger partial charge in [0.05, 0.1) is 0 Å². The van der Waals surface area contributed by atoms with Gasteiger partial charge in [-0.25, -0.2) is 0 Å². The maximum absolute atomic E-state index is 11.6. The molecular weight excluding hydrogens is 260 g/mol. The fraction of sp³-hybridized carbons (Fsp3) is 0.667. The van der Waals surface area contributed by atoms with Gasteiger partial charge in [-0.05, 0) is 12.5 Å². The van der Waals surface area contributed by atoms with Crippen LogP contribution in [0.5, 0.6) is 0 Å². The van der Waals surface area contributed by atoms with Gasteiger partial charge in [0, 0.05) is 0 Å². The number of carbonyl (C=O) groups excluding carboxylic acids is 1. The lowest BCUT2D eigenvalue weighted by Crippen LogP contribution is -2.45. The van der Waals surface area contributed by atoms with Crippen LogP contribution in [0.1, 0.15) is 58.3 Å². The fourth-order valence-corrected chi connectivity index (χ4v) is 2.16. The maximum atomic E-state index is 11.6. The lowest BCUT2D eigenvalue weighted by Gasteiger charge is -2.21. The minimum Gasteiger partial charge on any atom is -0.480 e. The molecular formula is C15H24O5. The molecule has 0 rings (SSSR count). The van der Waals surface area contributed by atoms with Crippen molar-refractivity contribution in [1.82, 2.24) is 0 Å². The third kappa shape index (κ3) is 4.79. The van der Waals surface area contributed by atoms with Crippen molar-refractivity contribution in [2.75, 3.05) is 0 Å². The number of carbonyl (C=O) groups is 3. The number of aliphatic carboxylic acids is 2. The zero-order valence-corrected chi connectivity index (χ0v) is 12.1. The van der Waals surface area contributed by atoms with Crippen LogP contribution in [0.4, 0.5) is 0 Å². The highest BCUT2D eigenvalue weighted by molar-refractivity contribution is 6.22. The number of hydrogen-bond donors (Lipinski definition) is 2. The topological polar surface area (TPSA) is 91.7 Å². The molecule has 20 heavy (non-hydrogen) atoms. The molecule has 0 aliphatic heterocycles. The second kappa shape index (κ2) is 9.28. The molecule has 0 aromatic carbocycles. The number of hydrogen-bond acceptors (Lipinski definition) is 3. The van der Waals surface area contributed by atoms with Crippen molar-refractivity contribution in [2.45, 2.75) is 58.3 Å². The number of carboxylic acid groups (broad SMARTS) is 2. The molecule has 0 saturated carbocycles. The molecule has 114 valence electrons. The monoisotopic (exact) mass is 284 g/mol. The molecule has 0 fully saturated rings. The predicted octanol–water partition coefficient (Wildman–Crippen LogP) is 3.04. The van der Waals surface area contributed by atoms with Crippen molar-refractivity contribution in [2.24, 2.45) is 5.41 Å². The molecule has 5 nitrogen and oxygen atoms in total. The Balaban J connectivity index is 4.46. The summed E-state index contributed by atoms with van der Waals surface area (Å²) in [7, 11) is 0. The first-order chi connectivity index (χ1) is 9.43. The summed E-state index contributed by atoms with van der Waals surface area (Å²) >= 11 is 0. The van der Waals surface area contributed by atoms with Gasteiger partial charge in [-0.3, -0.25) is 14.4 Å². The summed E-state index contributed by atoms with van der Waals surface area (Å²) in [6, 6.07) is 0. The Morgan fingerprint density at radius 2 is 1.40 bits per heavy atom. The standard InChI is InChI=1S/C15H24O5/c1-3-5-6-7-8-9-10-11-15(13(17)18,14(19)20)12(16)4-2/h4H,2-3,5-11H2,1H3,(H,17,18)(H,19,20). The molecule has 0 heterocycles. The highest BCUT2D eigenvalue weighted by atomic mass is 16.4. The molecule has 0 aliphatic carbocycles. The molecule has 0 spiro atoms. The third-order valence-corrected chi connectivity index (χ3v) is 3.49. The van der Waals surface area contributed by atoms with Crippen molar-refractivity contribution < 1.29 is 24.6 Å². The van der Waals surface area contributed by atoms with E-state index in [1.165, 1.54) is 6.42 Å². The van der Waals surface area contributed by atoms with Gasteiger partial charge in [0.25, 0.3) is 0 Å². The van der Waals surface area contributed by atoms with Gasteiger partial charge in [0.1, 0.15) is 0 Å². The van der Waals surface area contributed by atoms with E-state index < -0.39 is 23.1 Å². The summed E-state index contributed by atoms with van der Waals surface area (Å²) in [5.74, 6) is -4.18. The molecule has 0 aromatic heterocycles. The first-order valence-electron chi connectivity index (χ1n) is 7.07. The molecule has 0 atom stereocenters. The van der Waals surface area contributed by atoms with Crippen LogP contribution in [-0.2, 0) is 14.4 Å². The molecule has 0 saturated heterocycles. The molecule has 2 N–H and O–H groups in total. The normalized spacial score (nSPS) is 11.1. The van der Waals surface area contributed by atoms with Crippen LogP contribution in [0.15, 0.2) is 12.7 Å². The summed E-state index contributed by atoms with van der Waals surface area (Å²) in [5.41, 5.74) is -2.37. The minimum atomic E-state index is -2.37. The first kappa shape index (κ1) is 18.4. The van der Waals surface area contributed by atoms with E-state index in [9.17, 15) is 14.4 Å². The highest BCUT2D eigenvalue weighted by Gasteiger charge is 2.51. The van der Waals surface area contributed by atoms with E-state index in [0.717, 1.165) is 38.2 Å². The Morgan fingerprint density at radius 3 is 1.80 bits per heavy atom. The van der Waals surface area contributed by atoms with Crippen LogP contribution in [0.2, 0.25) is 0 Å². The Hall–Kier alpha value is -1.65. The number of ketones is 1. The van der Waals surface area contributed by atoms with Gasteiger partial charge in [0.2, 0.25) is 5.41 Å². The van der Waals surface area contributed by atoms with E-state index in [1.807, 2.05) is 0 Å². The van der Waals surface area contributed by atoms with Crippen molar-refractivity contribution in [1.29, 1.82) is 0 Å². The summed E-state index contributed by atoms with van der Waals surface area (Å²) in [5, 5.41) is 18.2. The maximum Gasteiger partial charge on any atom is 0.329 e. The molecule has 0 amide bonds. The van der Waals surface area contributed by atoms with E-state index in [0.29, 0.717) is 6.42 Å². The smallest absolute Gasteiger partial charge is 0.329 e. The van der Waals surface area contributed by atoms with Gasteiger partial charge in [0.15, 0.2) is 5.78 Å². The summed E-state index contributed by atoms with van der Waals surface area (Å²) in [4.78, 5) is 34.1. The van der Waals surface area contributed by atoms with Crippen molar-refractivity contribution in [3.05, 3.63) is 12.7 Å². The van der Waals surface area contributed by atoms with Crippen LogP contribution < -0.4 is 0 Å². The van der Waals surface area contributed by atoms with Crippen molar-refractivity contribution >= 4 is 17.7 Å². The number of rotatable bonds is 12. The Kier molecular flexibility index (Phi) is 8.52. The van der Waals surface area contributed by atoms with Crippen LogP contribution in [0, 0.1) is 5.41 Å². The molecule has 0 unspecified atom stereocenters. The first-order valence-corrected chi connectivity index (χ1v) is 7.07. The van der Waals surface area contributed by atoms with E-state index in [-0.39, 0.29) is 6.42 Å². The average molecular weight is 284 g/mol. The highest BCUT2D eigenvalue weighted by Crippen LogP contribution is 2.28. The van der Waals surface area contributed by atoms with Crippen LogP contribution >= 0.6 is 0 Å². The number of carboxylic acids is 2. The van der Waals surface area contributed by atoms with Gasteiger partial charge >= 0.3 is 11.9 Å². The van der Waals surface area contributed by atoms with Crippen molar-refractivity contribution in [3.8, 4) is 0 Å². The van der Waals surface area contributed by atoms with E-state index in [2.05, 4.69) is 13.5 Å². The van der Waals surface area contributed by atoms with Gasteiger partial charge in [-0.1, -0.05) is 58.4 Å². The molecule has 0 radical (unpaired) electrons. The second-order valence-electron chi connectivity index (χ2n) is 4.96. The lowest BCUT2D eigenvalue weighted by atomic mass is 9.78. The lowest BCUT2D eigenvalue weighted by molar-refractivity contribution is -0.167. The Bertz CT molecular complexity index is 345. The number of allylic oxidation sites excluding steroid dienone is 1. The molecule has 0 aliphatic rings. The van der Waals surface area contributed by atoms with Gasteiger partial charge in [-0.2, -0.15) is 0 Å². The summed E-state index contributed by atoms with van der Waals surface area (Å²) in [6.45, 7) is 5.31. The third-order valence-electron chi connectivity index (χ3n) is 3.49. The average Bonchev–Trinajstić information content (AvgIpc) is 2.40. The SMILES string of the molecule is C=CC(=O)C(CCCCCCCCC)(C(=O)O)C(=O)O. The Labute approximate surface area is 119 Å². The number of unbranched alkanes of at least 4 members (excludes halogenated alkanes) is 6. The Morgan fingerprint density at radius 1 is 0.950 bits per heavy atom. The summed E-state index contributed by atoms with van der Waals surface area (Å²) < 4.78 is 0. The zero-order valence-electron chi connectivity index (χ0n) is 12.1. The minimum absolute atomic E-state index is 0.184. The van der Waals surface area contributed by atoms with Crippen LogP contribution in [-0.4, -0.2) is 27.9 Å².